The van der Waals surface area contributed by atoms with Crippen molar-refractivity contribution in [1.82, 2.24) is 4.57 Å². The number of amides is 1. The van der Waals surface area contributed by atoms with Crippen LogP contribution in [0.1, 0.15) is 6.42 Å². The molecule has 8 heteroatoms. The fraction of sp³-hybridized carbons (Fsp3) is 0.222. The smallest absolute Gasteiger partial charge is 0.419 e. The predicted molar refractivity (Wildman–Crippen MR) is 96.1 cm³/mol. The van der Waals surface area contributed by atoms with Gasteiger partial charge in [0.25, 0.3) is 0 Å². The van der Waals surface area contributed by atoms with Crippen LogP contribution in [0.25, 0.3) is 11.1 Å². The second kappa shape index (κ2) is 6.42. The Morgan fingerprint density at radius 1 is 1.19 bits per heavy atom. The van der Waals surface area contributed by atoms with E-state index in [1.54, 1.807) is 43.4 Å². The number of fused-ring (bicyclic) bond motifs is 2. The molecule has 2 heterocycles. The topological polar surface area (TPSA) is 73.9 Å². The Hall–Kier alpha value is -2.93. The number of hydrogen-bond acceptors (Lipinski definition) is 5. The van der Waals surface area contributed by atoms with Crippen molar-refractivity contribution in [2.75, 3.05) is 18.7 Å². The van der Waals surface area contributed by atoms with Crippen molar-refractivity contribution in [2.45, 2.75) is 13.0 Å². The molecule has 0 spiro atoms. The van der Waals surface area contributed by atoms with Gasteiger partial charge in [-0.05, 0) is 24.3 Å². The Labute approximate surface area is 153 Å². The predicted octanol–water partition coefficient (Wildman–Crippen LogP) is 3.03. The van der Waals surface area contributed by atoms with Crippen LogP contribution in [0.2, 0.25) is 5.02 Å². The molecule has 0 unspecified atom stereocenters. The molecule has 0 bridgehead atoms. The molecule has 1 aliphatic rings. The highest BCUT2D eigenvalue weighted by Crippen LogP contribution is 2.35. The first kappa shape index (κ1) is 16.5. The number of halogens is 1. The third kappa shape index (κ3) is 2.90. The molecule has 1 aliphatic heterocycles. The lowest BCUT2D eigenvalue weighted by Gasteiger charge is -2.17. The molecule has 0 atom stereocenters. The van der Waals surface area contributed by atoms with Gasteiger partial charge in [-0.2, -0.15) is 0 Å². The molecule has 4 rings (SSSR count). The van der Waals surface area contributed by atoms with Gasteiger partial charge < -0.3 is 18.8 Å². The molecule has 0 N–H and O–H groups in total. The van der Waals surface area contributed by atoms with Crippen LogP contribution < -0.4 is 20.1 Å². The Morgan fingerprint density at radius 3 is 2.85 bits per heavy atom. The number of carbonyl (C=O) groups is 1. The Bertz CT molecular complexity index is 1060. The monoisotopic (exact) mass is 374 g/mol. The van der Waals surface area contributed by atoms with Crippen molar-refractivity contribution in [1.29, 1.82) is 0 Å². The summed E-state index contributed by atoms with van der Waals surface area (Å²) in [4.78, 5) is 26.1. The van der Waals surface area contributed by atoms with E-state index in [1.165, 1.54) is 9.47 Å². The maximum atomic E-state index is 12.5. The fourth-order valence-corrected chi connectivity index (χ4v) is 3.03. The lowest BCUT2D eigenvalue weighted by molar-refractivity contribution is -0.118. The molecule has 0 radical (unpaired) electrons. The largest absolute Gasteiger partial charge is 0.454 e. The van der Waals surface area contributed by atoms with Crippen molar-refractivity contribution < 1.29 is 18.7 Å². The zero-order valence-corrected chi connectivity index (χ0v) is 14.7. The number of aromatic nitrogens is 1. The summed E-state index contributed by atoms with van der Waals surface area (Å²) in [6, 6.07) is 10.3. The van der Waals surface area contributed by atoms with E-state index >= 15 is 0 Å². The fourth-order valence-electron chi connectivity index (χ4n) is 2.86. The average Bonchev–Trinajstić information content (AvgIpc) is 3.21. The van der Waals surface area contributed by atoms with Gasteiger partial charge in [0, 0.05) is 42.9 Å². The molecule has 3 aromatic rings. The summed E-state index contributed by atoms with van der Waals surface area (Å²) in [5.41, 5.74) is 1.70. The molecule has 0 saturated heterocycles. The van der Waals surface area contributed by atoms with E-state index in [4.69, 9.17) is 25.5 Å². The molecular weight excluding hydrogens is 360 g/mol. The highest BCUT2D eigenvalue weighted by molar-refractivity contribution is 6.31. The zero-order valence-electron chi connectivity index (χ0n) is 13.9. The third-order valence-electron chi connectivity index (χ3n) is 4.30. The minimum atomic E-state index is -0.513. The minimum Gasteiger partial charge on any atom is -0.454 e. The van der Waals surface area contributed by atoms with E-state index in [-0.39, 0.29) is 25.7 Å². The summed E-state index contributed by atoms with van der Waals surface area (Å²) in [5.74, 6) is 0.612. The number of oxazole rings is 1. The molecule has 0 saturated carbocycles. The molecular formula is C18H15ClN2O5. The van der Waals surface area contributed by atoms with Crippen LogP contribution >= 0.6 is 11.6 Å². The van der Waals surface area contributed by atoms with Crippen LogP contribution in [0.3, 0.4) is 0 Å². The SMILES string of the molecule is CN(C(=O)CCn1c(=O)oc2cc(Cl)ccc21)c1ccc2c(c1)OCO2. The maximum Gasteiger partial charge on any atom is 0.419 e. The third-order valence-corrected chi connectivity index (χ3v) is 4.53. The van der Waals surface area contributed by atoms with Gasteiger partial charge in [-0.25, -0.2) is 4.79 Å². The van der Waals surface area contributed by atoms with E-state index in [0.717, 1.165) is 0 Å². The second-order valence-electron chi connectivity index (χ2n) is 5.87. The van der Waals surface area contributed by atoms with Crippen LogP contribution in [-0.2, 0) is 11.3 Å². The van der Waals surface area contributed by atoms with Gasteiger partial charge in [-0.1, -0.05) is 11.6 Å². The van der Waals surface area contributed by atoms with Crippen LogP contribution in [0.5, 0.6) is 11.5 Å². The first-order valence-corrected chi connectivity index (χ1v) is 8.36. The van der Waals surface area contributed by atoms with E-state index in [1.807, 2.05) is 0 Å². The van der Waals surface area contributed by atoms with Gasteiger partial charge in [0.15, 0.2) is 17.1 Å². The van der Waals surface area contributed by atoms with Crippen molar-refractivity contribution in [3.63, 3.8) is 0 Å². The van der Waals surface area contributed by atoms with E-state index in [2.05, 4.69) is 0 Å². The number of carbonyl (C=O) groups excluding carboxylic acids is 1. The lowest BCUT2D eigenvalue weighted by atomic mass is 10.2. The number of rotatable bonds is 4. The Kier molecular flexibility index (Phi) is 4.08. The van der Waals surface area contributed by atoms with Crippen molar-refractivity contribution >= 4 is 34.3 Å². The van der Waals surface area contributed by atoms with Crippen LogP contribution in [0.15, 0.2) is 45.6 Å². The van der Waals surface area contributed by atoms with Crippen molar-refractivity contribution in [2.24, 2.45) is 0 Å². The minimum absolute atomic E-state index is 0.140. The molecule has 1 aromatic heterocycles. The molecule has 7 nitrogen and oxygen atoms in total. The van der Waals surface area contributed by atoms with Gasteiger partial charge in [-0.3, -0.25) is 9.36 Å². The maximum absolute atomic E-state index is 12.5. The molecule has 1 amide bonds. The first-order chi connectivity index (χ1) is 12.5. The molecule has 2 aromatic carbocycles. The summed E-state index contributed by atoms with van der Waals surface area (Å²) in [7, 11) is 1.68. The van der Waals surface area contributed by atoms with Gasteiger partial charge >= 0.3 is 5.76 Å². The van der Waals surface area contributed by atoms with E-state index in [9.17, 15) is 9.59 Å². The van der Waals surface area contributed by atoms with E-state index in [0.29, 0.717) is 33.3 Å². The number of aryl methyl sites for hydroxylation is 1. The zero-order chi connectivity index (χ0) is 18.3. The summed E-state index contributed by atoms with van der Waals surface area (Å²) < 4.78 is 17.2. The normalized spacial score (nSPS) is 12.5. The summed E-state index contributed by atoms with van der Waals surface area (Å²) in [5, 5.41) is 0.483. The Morgan fingerprint density at radius 2 is 2.00 bits per heavy atom. The van der Waals surface area contributed by atoms with Crippen LogP contribution in [-0.4, -0.2) is 24.3 Å². The quantitative estimate of drug-likeness (QED) is 0.701. The number of nitrogens with zero attached hydrogens (tertiary/aromatic N) is 2. The van der Waals surface area contributed by atoms with Crippen molar-refractivity contribution in [3.8, 4) is 11.5 Å². The molecule has 26 heavy (non-hydrogen) atoms. The number of benzene rings is 2. The standard InChI is InChI=1S/C18H15ClN2O5/c1-20(12-3-5-14-16(9-12)25-10-24-14)17(22)6-7-21-13-4-2-11(19)8-15(13)26-18(21)23/h2-5,8-9H,6-7,10H2,1H3. The van der Waals surface area contributed by atoms with Gasteiger partial charge in [0.2, 0.25) is 12.7 Å². The van der Waals surface area contributed by atoms with Crippen LogP contribution in [0.4, 0.5) is 5.69 Å². The lowest BCUT2D eigenvalue weighted by Crippen LogP contribution is -2.28. The Balaban J connectivity index is 1.50. The van der Waals surface area contributed by atoms with Crippen LogP contribution in [0, 0.1) is 0 Å². The number of ether oxygens (including phenoxy) is 2. The number of hydrogen-bond donors (Lipinski definition) is 0. The first-order valence-electron chi connectivity index (χ1n) is 7.98. The van der Waals surface area contributed by atoms with Gasteiger partial charge in [0.1, 0.15) is 0 Å². The second-order valence-corrected chi connectivity index (χ2v) is 6.31. The summed E-state index contributed by atoms with van der Waals surface area (Å²) in [6.45, 7) is 0.387. The highest BCUT2D eigenvalue weighted by atomic mass is 35.5. The molecule has 0 aliphatic carbocycles. The highest BCUT2D eigenvalue weighted by Gasteiger charge is 2.18. The number of anilines is 1. The summed E-state index contributed by atoms with van der Waals surface area (Å²) in [6.07, 6.45) is 0.141. The molecule has 134 valence electrons. The van der Waals surface area contributed by atoms with Gasteiger partial charge in [0.05, 0.1) is 5.52 Å². The average molecular weight is 375 g/mol. The van der Waals surface area contributed by atoms with Crippen molar-refractivity contribution in [3.05, 3.63) is 52.0 Å². The van der Waals surface area contributed by atoms with E-state index < -0.39 is 5.76 Å². The summed E-state index contributed by atoms with van der Waals surface area (Å²) >= 11 is 5.91. The van der Waals surface area contributed by atoms with Gasteiger partial charge in [-0.15, -0.1) is 0 Å². The molecule has 0 fully saturated rings.